The van der Waals surface area contributed by atoms with Gasteiger partial charge in [-0.1, -0.05) is 18.2 Å². The summed E-state index contributed by atoms with van der Waals surface area (Å²) in [7, 11) is 0. The zero-order valence-corrected chi connectivity index (χ0v) is 11.9. The van der Waals surface area contributed by atoms with Crippen LogP contribution in [0, 0.1) is 0 Å². The highest BCUT2D eigenvalue weighted by molar-refractivity contribution is 5.33. The summed E-state index contributed by atoms with van der Waals surface area (Å²) >= 11 is 0. The molecule has 0 saturated carbocycles. The molecule has 1 saturated heterocycles. The highest BCUT2D eigenvalue weighted by Gasteiger charge is 2.12. The van der Waals surface area contributed by atoms with Crippen LogP contribution in [0.1, 0.15) is 38.2 Å². The lowest BCUT2D eigenvalue weighted by molar-refractivity contribution is 0.0115. The molecule has 3 nitrogen and oxygen atoms in total. The van der Waals surface area contributed by atoms with E-state index in [0.29, 0.717) is 12.7 Å². The summed E-state index contributed by atoms with van der Waals surface area (Å²) in [5, 5.41) is 3.49. The zero-order valence-electron chi connectivity index (χ0n) is 11.9. The van der Waals surface area contributed by atoms with Gasteiger partial charge in [0.15, 0.2) is 0 Å². The van der Waals surface area contributed by atoms with Gasteiger partial charge in [0.1, 0.15) is 5.75 Å². The second kappa shape index (κ2) is 8.18. The second-order valence-corrected chi connectivity index (χ2v) is 4.99. The minimum atomic E-state index is 0.461. The highest BCUT2D eigenvalue weighted by atomic mass is 16.5. The molecule has 0 bridgehead atoms. The number of hydrogen-bond acceptors (Lipinski definition) is 3. The van der Waals surface area contributed by atoms with Crippen molar-refractivity contribution in [1.82, 2.24) is 5.32 Å². The van der Waals surface area contributed by atoms with Gasteiger partial charge in [-0.05, 0) is 45.2 Å². The first kappa shape index (κ1) is 14.4. The van der Waals surface area contributed by atoms with E-state index in [1.807, 2.05) is 19.1 Å². The maximum Gasteiger partial charge on any atom is 0.123 e. The summed E-state index contributed by atoms with van der Waals surface area (Å²) < 4.78 is 11.3. The van der Waals surface area contributed by atoms with Gasteiger partial charge in [0, 0.05) is 18.7 Å². The Labute approximate surface area is 116 Å². The molecule has 1 heterocycles. The van der Waals surface area contributed by atoms with Crippen LogP contribution >= 0.6 is 0 Å². The second-order valence-electron chi connectivity index (χ2n) is 4.99. The van der Waals surface area contributed by atoms with Crippen molar-refractivity contribution in [3.8, 4) is 5.75 Å². The average molecular weight is 263 g/mol. The Morgan fingerprint density at radius 1 is 1.32 bits per heavy atom. The molecule has 1 unspecified atom stereocenters. The largest absolute Gasteiger partial charge is 0.494 e. The number of ether oxygens (including phenoxy) is 2. The molecule has 106 valence electrons. The summed E-state index contributed by atoms with van der Waals surface area (Å²) in [6.45, 7) is 5.55. The minimum Gasteiger partial charge on any atom is -0.494 e. The van der Waals surface area contributed by atoms with E-state index in [0.717, 1.165) is 31.9 Å². The van der Waals surface area contributed by atoms with Crippen LogP contribution in [0.2, 0.25) is 0 Å². The molecule has 0 aromatic heterocycles. The quantitative estimate of drug-likeness (QED) is 0.767. The molecular weight excluding hydrogens is 238 g/mol. The van der Waals surface area contributed by atoms with Crippen molar-refractivity contribution < 1.29 is 9.47 Å². The predicted octanol–water partition coefficient (Wildman–Crippen LogP) is 3.13. The van der Waals surface area contributed by atoms with Crippen molar-refractivity contribution in [1.29, 1.82) is 0 Å². The van der Waals surface area contributed by atoms with Gasteiger partial charge in [-0.2, -0.15) is 0 Å². The van der Waals surface area contributed by atoms with Crippen molar-refractivity contribution in [2.24, 2.45) is 0 Å². The summed E-state index contributed by atoms with van der Waals surface area (Å²) in [6, 6.07) is 8.23. The minimum absolute atomic E-state index is 0.461. The van der Waals surface area contributed by atoms with E-state index in [4.69, 9.17) is 9.47 Å². The van der Waals surface area contributed by atoms with E-state index in [9.17, 15) is 0 Å². The van der Waals surface area contributed by atoms with Gasteiger partial charge >= 0.3 is 0 Å². The Bertz CT molecular complexity index is 362. The van der Waals surface area contributed by atoms with Gasteiger partial charge in [-0.25, -0.2) is 0 Å². The number of benzene rings is 1. The van der Waals surface area contributed by atoms with Crippen molar-refractivity contribution in [3.05, 3.63) is 29.8 Å². The molecule has 1 fully saturated rings. The first-order valence-electron chi connectivity index (χ1n) is 7.43. The molecule has 1 aliphatic rings. The van der Waals surface area contributed by atoms with Crippen LogP contribution in [0.3, 0.4) is 0 Å². The van der Waals surface area contributed by atoms with Gasteiger partial charge < -0.3 is 14.8 Å². The standard InChI is InChI=1S/C16H25NO2/c1-2-18-16-9-4-3-7-14(16)13-17-11-10-15-8-5-6-12-19-15/h3-4,7,9,15,17H,2,5-6,8,10-13H2,1H3. The molecule has 1 aliphatic heterocycles. The number of rotatable bonds is 7. The number of para-hydroxylation sites is 1. The normalized spacial score (nSPS) is 19.3. The average Bonchev–Trinajstić information content (AvgIpc) is 2.47. The van der Waals surface area contributed by atoms with Crippen LogP contribution in [-0.2, 0) is 11.3 Å². The van der Waals surface area contributed by atoms with E-state index in [1.165, 1.54) is 24.8 Å². The fourth-order valence-electron chi connectivity index (χ4n) is 2.47. The molecule has 0 amide bonds. The van der Waals surface area contributed by atoms with Crippen LogP contribution in [0.5, 0.6) is 5.75 Å². The molecule has 1 N–H and O–H groups in total. The third-order valence-corrected chi connectivity index (χ3v) is 3.50. The van der Waals surface area contributed by atoms with Crippen LogP contribution in [0.4, 0.5) is 0 Å². The SMILES string of the molecule is CCOc1ccccc1CNCCC1CCCCO1. The Morgan fingerprint density at radius 3 is 3.00 bits per heavy atom. The molecular formula is C16H25NO2. The fourth-order valence-corrected chi connectivity index (χ4v) is 2.47. The van der Waals surface area contributed by atoms with Crippen molar-refractivity contribution >= 4 is 0 Å². The van der Waals surface area contributed by atoms with E-state index >= 15 is 0 Å². The van der Waals surface area contributed by atoms with E-state index < -0.39 is 0 Å². The van der Waals surface area contributed by atoms with Gasteiger partial charge in [0.2, 0.25) is 0 Å². The molecule has 3 heteroatoms. The summed E-state index contributed by atoms with van der Waals surface area (Å²) in [5.74, 6) is 0.992. The third-order valence-electron chi connectivity index (χ3n) is 3.50. The van der Waals surface area contributed by atoms with Crippen molar-refractivity contribution in [3.63, 3.8) is 0 Å². The Balaban J connectivity index is 1.70. The van der Waals surface area contributed by atoms with Crippen molar-refractivity contribution in [2.45, 2.75) is 45.3 Å². The number of hydrogen-bond donors (Lipinski definition) is 1. The fraction of sp³-hybridized carbons (Fsp3) is 0.625. The van der Waals surface area contributed by atoms with E-state index in [1.54, 1.807) is 0 Å². The lowest BCUT2D eigenvalue weighted by Crippen LogP contribution is -2.25. The van der Waals surface area contributed by atoms with Crippen LogP contribution in [-0.4, -0.2) is 25.9 Å². The van der Waals surface area contributed by atoms with Gasteiger partial charge in [0.25, 0.3) is 0 Å². The van der Waals surface area contributed by atoms with Gasteiger partial charge in [-0.3, -0.25) is 0 Å². The molecule has 1 aromatic rings. The topological polar surface area (TPSA) is 30.5 Å². The lowest BCUT2D eigenvalue weighted by Gasteiger charge is -2.22. The van der Waals surface area contributed by atoms with Gasteiger partial charge in [-0.15, -0.1) is 0 Å². The molecule has 1 atom stereocenters. The monoisotopic (exact) mass is 263 g/mol. The summed E-state index contributed by atoms with van der Waals surface area (Å²) in [6.07, 6.45) is 5.33. The van der Waals surface area contributed by atoms with Crippen molar-refractivity contribution in [2.75, 3.05) is 19.8 Å². The maximum atomic E-state index is 5.73. The van der Waals surface area contributed by atoms with Gasteiger partial charge in [0.05, 0.1) is 12.7 Å². The predicted molar refractivity (Wildman–Crippen MR) is 77.5 cm³/mol. The molecule has 0 aliphatic carbocycles. The Hall–Kier alpha value is -1.06. The summed E-state index contributed by atoms with van der Waals surface area (Å²) in [5.41, 5.74) is 1.23. The van der Waals surface area contributed by atoms with Crippen LogP contribution < -0.4 is 10.1 Å². The molecule has 0 spiro atoms. The lowest BCUT2D eigenvalue weighted by atomic mass is 10.1. The molecule has 19 heavy (non-hydrogen) atoms. The van der Waals surface area contributed by atoms with E-state index in [-0.39, 0.29) is 0 Å². The first-order chi connectivity index (χ1) is 9.40. The third kappa shape index (κ3) is 4.84. The smallest absolute Gasteiger partial charge is 0.123 e. The summed E-state index contributed by atoms with van der Waals surface area (Å²) in [4.78, 5) is 0. The molecule has 2 rings (SSSR count). The first-order valence-corrected chi connectivity index (χ1v) is 7.43. The maximum absolute atomic E-state index is 5.73. The molecule has 1 aromatic carbocycles. The Kier molecular flexibility index (Phi) is 6.18. The number of nitrogens with one attached hydrogen (secondary N) is 1. The highest BCUT2D eigenvalue weighted by Crippen LogP contribution is 2.18. The zero-order chi connectivity index (χ0) is 13.3. The van der Waals surface area contributed by atoms with Crippen LogP contribution in [0.25, 0.3) is 0 Å². The van der Waals surface area contributed by atoms with E-state index in [2.05, 4.69) is 17.4 Å². The van der Waals surface area contributed by atoms with Crippen LogP contribution in [0.15, 0.2) is 24.3 Å². The molecule has 0 radical (unpaired) electrons. The Morgan fingerprint density at radius 2 is 2.21 bits per heavy atom.